The molecule has 3 rings (SSSR count). The molecule has 2 aromatic heterocycles. The zero-order valence-corrected chi connectivity index (χ0v) is 20.7. The third kappa shape index (κ3) is 6.14. The summed E-state index contributed by atoms with van der Waals surface area (Å²) in [6, 6.07) is 7.27. The van der Waals surface area contributed by atoms with E-state index in [0.717, 1.165) is 22.8 Å². The van der Waals surface area contributed by atoms with E-state index in [1.54, 1.807) is 40.7 Å². The number of carbonyl (C=O) groups excluding carboxylic acids is 1. The molecule has 8 nitrogen and oxygen atoms in total. The normalized spacial score (nSPS) is 11.2. The van der Waals surface area contributed by atoms with Gasteiger partial charge in [-0.1, -0.05) is 27.2 Å². The fourth-order valence-corrected chi connectivity index (χ4v) is 4.80. The number of nitrogens with one attached hydrogen (secondary N) is 1. The zero-order valence-electron chi connectivity index (χ0n) is 19.0. The Morgan fingerprint density at radius 1 is 1.27 bits per heavy atom. The summed E-state index contributed by atoms with van der Waals surface area (Å²) >= 11 is 3.20. The predicted molar refractivity (Wildman–Crippen MR) is 135 cm³/mol. The minimum Gasteiger partial charge on any atom is -0.383 e. The van der Waals surface area contributed by atoms with Gasteiger partial charge in [0, 0.05) is 34.7 Å². The van der Waals surface area contributed by atoms with E-state index in [9.17, 15) is 14.4 Å². The van der Waals surface area contributed by atoms with Crippen LogP contribution in [0.25, 0.3) is 0 Å². The van der Waals surface area contributed by atoms with Crippen molar-refractivity contribution in [2.24, 2.45) is 5.92 Å². The van der Waals surface area contributed by atoms with Gasteiger partial charge in [-0.2, -0.15) is 0 Å². The van der Waals surface area contributed by atoms with Gasteiger partial charge in [0.1, 0.15) is 5.82 Å². The second-order valence-corrected chi connectivity index (χ2v) is 9.87. The minimum absolute atomic E-state index is 0.0114. The lowest BCUT2D eigenvalue weighted by Gasteiger charge is -2.25. The largest absolute Gasteiger partial charge is 0.383 e. The van der Waals surface area contributed by atoms with Crippen molar-refractivity contribution in [1.82, 2.24) is 14.5 Å². The fraction of sp³-hybridized carbons (Fsp3) is 0.391. The number of nitrogens with zero attached hydrogens (tertiary/aromatic N) is 3. The quantitative estimate of drug-likeness (QED) is 0.418. The van der Waals surface area contributed by atoms with Gasteiger partial charge in [0.05, 0.1) is 11.2 Å². The predicted octanol–water partition coefficient (Wildman–Crippen LogP) is 3.97. The third-order valence-electron chi connectivity index (χ3n) is 4.98. The Balaban J connectivity index is 1.90. The first-order chi connectivity index (χ1) is 15.8. The monoisotopic (exact) mass is 487 g/mol. The maximum Gasteiger partial charge on any atom is 0.330 e. The van der Waals surface area contributed by atoms with Crippen molar-refractivity contribution >= 4 is 40.5 Å². The van der Waals surface area contributed by atoms with Crippen molar-refractivity contribution < 1.29 is 4.79 Å². The molecule has 0 atom stereocenters. The molecule has 0 aliphatic rings. The highest BCUT2D eigenvalue weighted by atomic mass is 32.2. The number of nitrogen functional groups attached to an aromatic ring is 1. The smallest absolute Gasteiger partial charge is 0.330 e. The number of anilines is 2. The molecular weight excluding hydrogens is 458 g/mol. The van der Waals surface area contributed by atoms with E-state index in [1.807, 2.05) is 38.3 Å². The van der Waals surface area contributed by atoms with Crippen LogP contribution in [0.1, 0.15) is 49.7 Å². The average molecular weight is 488 g/mol. The maximum absolute atomic E-state index is 13.4. The number of thiazole rings is 1. The molecule has 0 aliphatic heterocycles. The number of amides is 1. The topological polar surface area (TPSA) is 114 Å². The van der Waals surface area contributed by atoms with Crippen molar-refractivity contribution in [3.05, 3.63) is 67.3 Å². The van der Waals surface area contributed by atoms with Gasteiger partial charge in [0.2, 0.25) is 0 Å². The molecule has 2 heterocycles. The van der Waals surface area contributed by atoms with Crippen LogP contribution < -0.4 is 21.9 Å². The molecule has 0 bridgehead atoms. The second-order valence-electron chi connectivity index (χ2n) is 8.10. The van der Waals surface area contributed by atoms with Crippen LogP contribution in [0.5, 0.6) is 0 Å². The van der Waals surface area contributed by atoms with E-state index in [4.69, 9.17) is 5.73 Å². The summed E-state index contributed by atoms with van der Waals surface area (Å²) in [6.45, 7) is 6.57. The van der Waals surface area contributed by atoms with Gasteiger partial charge >= 0.3 is 5.69 Å². The number of rotatable bonds is 10. The van der Waals surface area contributed by atoms with Crippen LogP contribution >= 0.6 is 23.1 Å². The van der Waals surface area contributed by atoms with E-state index in [-0.39, 0.29) is 23.3 Å². The molecule has 3 aromatic rings. The molecule has 0 radical (unpaired) electrons. The van der Waals surface area contributed by atoms with Crippen molar-refractivity contribution in [2.75, 3.05) is 17.2 Å². The number of benzene rings is 1. The minimum atomic E-state index is -0.655. The lowest BCUT2D eigenvalue weighted by Crippen LogP contribution is -2.42. The van der Waals surface area contributed by atoms with Crippen LogP contribution in [0, 0.1) is 5.92 Å². The third-order valence-corrected chi connectivity index (χ3v) is 6.66. The van der Waals surface area contributed by atoms with Crippen molar-refractivity contribution in [2.45, 2.75) is 50.8 Å². The highest BCUT2D eigenvalue weighted by molar-refractivity contribution is 7.98. The lowest BCUT2D eigenvalue weighted by molar-refractivity contribution is 0.0986. The first-order valence-corrected chi connectivity index (χ1v) is 12.8. The summed E-state index contributed by atoms with van der Waals surface area (Å²) in [7, 11) is 0. The summed E-state index contributed by atoms with van der Waals surface area (Å²) in [4.78, 5) is 47.5. The van der Waals surface area contributed by atoms with Crippen LogP contribution in [0.4, 0.5) is 11.5 Å². The number of H-pyrrole nitrogens is 1. The Morgan fingerprint density at radius 2 is 2.00 bits per heavy atom. The molecule has 0 unspecified atom stereocenters. The SMILES string of the molecule is CCCCN(C(=O)c1ccc(SCc2cscn2)cc1)c1c(N)n(CC(C)C)c(=O)[nH]c1=O. The fourth-order valence-electron chi connectivity index (χ4n) is 3.33. The molecule has 1 amide bonds. The molecule has 0 aliphatic carbocycles. The number of carbonyl (C=O) groups is 1. The molecule has 176 valence electrons. The van der Waals surface area contributed by atoms with Gasteiger partial charge in [0.25, 0.3) is 11.5 Å². The molecule has 0 saturated carbocycles. The van der Waals surface area contributed by atoms with E-state index in [2.05, 4.69) is 9.97 Å². The van der Waals surface area contributed by atoms with Crippen LogP contribution in [0.3, 0.4) is 0 Å². The van der Waals surface area contributed by atoms with Crippen LogP contribution in [0.15, 0.2) is 49.6 Å². The standard InChI is InChI=1S/C23H29N5O3S2/c1-4-5-10-27(19-20(24)28(11-15(2)3)23(31)26-21(19)29)22(30)16-6-8-18(9-7-16)33-13-17-12-32-14-25-17/h6-9,12,14-15H,4-5,10-11,13,24H2,1-3H3,(H,26,29,31). The molecule has 33 heavy (non-hydrogen) atoms. The Bertz CT molecular complexity index is 1180. The number of hydrogen-bond donors (Lipinski definition) is 2. The zero-order chi connectivity index (χ0) is 24.0. The summed E-state index contributed by atoms with van der Waals surface area (Å²) < 4.78 is 1.33. The second kappa shape index (κ2) is 11.3. The van der Waals surface area contributed by atoms with Crippen LogP contribution in [-0.2, 0) is 12.3 Å². The van der Waals surface area contributed by atoms with E-state index < -0.39 is 11.2 Å². The number of unbranched alkanes of at least 4 members (excludes halogenated alkanes) is 1. The van der Waals surface area contributed by atoms with Crippen LogP contribution in [-0.4, -0.2) is 27.0 Å². The van der Waals surface area contributed by atoms with E-state index in [1.165, 1.54) is 9.47 Å². The highest BCUT2D eigenvalue weighted by Gasteiger charge is 2.25. The van der Waals surface area contributed by atoms with Gasteiger partial charge in [-0.15, -0.1) is 23.1 Å². The summed E-state index contributed by atoms with van der Waals surface area (Å²) in [5.41, 5.74) is 8.34. The first-order valence-electron chi connectivity index (χ1n) is 10.9. The molecule has 10 heteroatoms. The first kappa shape index (κ1) is 24.8. The molecular formula is C23H29N5O3S2. The summed E-state index contributed by atoms with van der Waals surface area (Å²) in [6.07, 6.45) is 1.52. The Labute approximate surface area is 200 Å². The lowest BCUT2D eigenvalue weighted by atomic mass is 10.1. The molecule has 1 aromatic carbocycles. The molecule has 0 fully saturated rings. The number of aromatic amines is 1. The number of aromatic nitrogens is 3. The highest BCUT2D eigenvalue weighted by Crippen LogP contribution is 2.25. The Hall–Kier alpha value is -2.85. The van der Waals surface area contributed by atoms with Gasteiger partial charge in [-0.25, -0.2) is 9.78 Å². The number of thioether (sulfide) groups is 1. The maximum atomic E-state index is 13.4. The van der Waals surface area contributed by atoms with Gasteiger partial charge in [-0.05, 0) is 36.6 Å². The van der Waals surface area contributed by atoms with Crippen molar-refractivity contribution in [3.8, 4) is 0 Å². The van der Waals surface area contributed by atoms with Crippen molar-refractivity contribution in [1.29, 1.82) is 0 Å². The van der Waals surface area contributed by atoms with Gasteiger partial charge in [0.15, 0.2) is 5.69 Å². The Morgan fingerprint density at radius 3 is 2.61 bits per heavy atom. The summed E-state index contributed by atoms with van der Waals surface area (Å²) in [5.74, 6) is 0.574. The van der Waals surface area contributed by atoms with Gasteiger partial charge in [-0.3, -0.25) is 19.1 Å². The molecule has 0 saturated heterocycles. The number of nitrogens with two attached hydrogens (primary N) is 1. The average Bonchev–Trinajstić information content (AvgIpc) is 3.31. The molecule has 3 N–H and O–H groups in total. The van der Waals surface area contributed by atoms with Gasteiger partial charge < -0.3 is 10.6 Å². The Kier molecular flexibility index (Phi) is 8.51. The number of hydrogen-bond acceptors (Lipinski definition) is 7. The molecule has 0 spiro atoms. The van der Waals surface area contributed by atoms with E-state index in [0.29, 0.717) is 25.1 Å². The van der Waals surface area contributed by atoms with Crippen molar-refractivity contribution in [3.63, 3.8) is 0 Å². The van der Waals surface area contributed by atoms with E-state index >= 15 is 0 Å². The summed E-state index contributed by atoms with van der Waals surface area (Å²) in [5, 5.41) is 2.01. The van der Waals surface area contributed by atoms with Crippen LogP contribution in [0.2, 0.25) is 0 Å².